The van der Waals surface area contributed by atoms with Crippen molar-refractivity contribution in [3.05, 3.63) is 41.4 Å². The Hall–Kier alpha value is -2.52. The molecule has 3 aromatic heterocycles. The van der Waals surface area contributed by atoms with Crippen molar-refractivity contribution in [3.8, 4) is 11.1 Å². The van der Waals surface area contributed by atoms with Gasteiger partial charge in [-0.2, -0.15) is 9.61 Å². The van der Waals surface area contributed by atoms with Gasteiger partial charge in [0.1, 0.15) is 30.0 Å². The second kappa shape index (κ2) is 14.8. The average Bonchev–Trinajstić information content (AvgIpc) is 3.52. The van der Waals surface area contributed by atoms with Crippen molar-refractivity contribution in [2.45, 2.75) is 121 Å². The van der Waals surface area contributed by atoms with E-state index >= 15 is 0 Å². The molecule has 13 heteroatoms. The molecule has 48 heavy (non-hydrogen) atoms. The first kappa shape index (κ1) is 36.8. The summed E-state index contributed by atoms with van der Waals surface area (Å²) < 4.78 is 20.4. The Labute approximate surface area is 293 Å². The van der Waals surface area contributed by atoms with E-state index in [1.165, 1.54) is 0 Å². The lowest BCUT2D eigenvalue weighted by molar-refractivity contribution is 0.00569. The van der Waals surface area contributed by atoms with Gasteiger partial charge in [-0.3, -0.25) is 0 Å². The molecule has 5 heterocycles. The van der Waals surface area contributed by atoms with Gasteiger partial charge in [-0.05, 0) is 70.7 Å². The second-order valence-electron chi connectivity index (χ2n) is 16.9. The van der Waals surface area contributed by atoms with Crippen LogP contribution >= 0.6 is 11.6 Å². The Morgan fingerprint density at radius 3 is 2.08 bits per heavy atom. The van der Waals surface area contributed by atoms with Crippen LogP contribution in [0.5, 0.6) is 0 Å². The molecule has 2 fully saturated rings. The van der Waals surface area contributed by atoms with Crippen molar-refractivity contribution in [1.29, 1.82) is 0 Å². The predicted octanol–water partition coefficient (Wildman–Crippen LogP) is 8.52. The number of halogens is 1. The molecule has 0 aromatic carbocycles. The van der Waals surface area contributed by atoms with Gasteiger partial charge < -0.3 is 24.0 Å². The molecule has 0 unspecified atom stereocenters. The minimum absolute atomic E-state index is 0.126. The van der Waals surface area contributed by atoms with E-state index in [4.69, 9.17) is 35.9 Å². The summed E-state index contributed by atoms with van der Waals surface area (Å²) >= 11 is 6.15. The predicted molar refractivity (Wildman–Crippen MR) is 199 cm³/mol. The van der Waals surface area contributed by atoms with E-state index in [0.29, 0.717) is 31.8 Å². The molecule has 0 saturated carbocycles. The third kappa shape index (κ3) is 9.59. The first-order chi connectivity index (χ1) is 22.5. The first-order valence-electron chi connectivity index (χ1n) is 17.4. The number of fused-ring (bicyclic) bond motifs is 3. The lowest BCUT2D eigenvalue weighted by Gasteiger charge is -2.39. The number of amides is 1. The third-order valence-electron chi connectivity index (χ3n) is 9.08. The van der Waals surface area contributed by atoms with Crippen LogP contribution in [0.4, 0.5) is 10.6 Å². The Morgan fingerprint density at radius 1 is 0.958 bits per heavy atom. The molecule has 1 amide bonds. The molecule has 5 rings (SSSR count). The number of ether oxygens (including phenoxy) is 3. The zero-order valence-electron chi connectivity index (χ0n) is 30.4. The quantitative estimate of drug-likeness (QED) is 0.0753. The van der Waals surface area contributed by atoms with E-state index in [1.54, 1.807) is 12.3 Å². The van der Waals surface area contributed by atoms with Crippen molar-refractivity contribution in [3.63, 3.8) is 0 Å². The number of hydrogen-bond acceptors (Lipinski definition) is 8. The van der Waals surface area contributed by atoms with Crippen LogP contribution in [-0.4, -0.2) is 91.1 Å². The number of carbonyl (C=O) groups excluding carboxylic acids is 1. The lowest BCUT2D eigenvalue weighted by atomic mass is 9.88. The Balaban J connectivity index is 1.50. The summed E-state index contributed by atoms with van der Waals surface area (Å²) in [6.45, 7) is 22.1. The number of aromatic nitrogens is 4. The van der Waals surface area contributed by atoms with E-state index in [9.17, 15) is 4.79 Å². The van der Waals surface area contributed by atoms with Crippen LogP contribution in [0, 0.1) is 0 Å². The summed E-state index contributed by atoms with van der Waals surface area (Å²) in [7, 11) is -2.52. The highest BCUT2D eigenvalue weighted by molar-refractivity contribution is 6.76. The van der Waals surface area contributed by atoms with E-state index < -0.39 is 21.7 Å². The van der Waals surface area contributed by atoms with Crippen LogP contribution in [0.2, 0.25) is 56.5 Å². The van der Waals surface area contributed by atoms with Gasteiger partial charge >= 0.3 is 6.09 Å². The Kier molecular flexibility index (Phi) is 11.3. The molecule has 0 N–H and O–H groups in total. The molecule has 2 aliphatic heterocycles. The average molecular weight is 715 g/mol. The fraction of sp³-hybridized carbons (Fsp3) is 0.657. The molecule has 2 bridgehead atoms. The number of nitrogens with zero attached hydrogens (tertiary/aromatic N) is 6. The molecular weight excluding hydrogens is 660 g/mol. The highest BCUT2D eigenvalue weighted by Crippen LogP contribution is 2.44. The number of anilines is 1. The number of rotatable bonds is 13. The summed E-state index contributed by atoms with van der Waals surface area (Å²) in [5.74, 6) is 1.06. The van der Waals surface area contributed by atoms with Gasteiger partial charge in [0, 0.05) is 76.4 Å². The highest BCUT2D eigenvalue weighted by Gasteiger charge is 2.45. The number of hydrogen-bond donors (Lipinski definition) is 0. The summed E-state index contributed by atoms with van der Waals surface area (Å²) in [5.41, 5.74) is 3.00. The van der Waals surface area contributed by atoms with Crippen LogP contribution < -0.4 is 4.90 Å². The molecule has 2 aliphatic rings. The topological polar surface area (TPSA) is 94.3 Å². The SMILES string of the molecule is CC(C)(C)OC(=O)N1[C@H]2CC[C@H]1CC(c1cc(N(COCC[Si](C)(C)C)COCC[Si](C)(C)C)n3ncc(-c4ccc(Cl)nc4)c3n1)C2. The van der Waals surface area contributed by atoms with Gasteiger partial charge in [0.2, 0.25) is 0 Å². The maximum Gasteiger partial charge on any atom is 0.410 e. The zero-order valence-corrected chi connectivity index (χ0v) is 33.1. The van der Waals surface area contributed by atoms with Gasteiger partial charge in [-0.1, -0.05) is 50.9 Å². The van der Waals surface area contributed by atoms with Crippen molar-refractivity contribution in [2.24, 2.45) is 0 Å². The largest absolute Gasteiger partial charge is 0.444 e. The van der Waals surface area contributed by atoms with Gasteiger partial charge in [0.15, 0.2) is 5.65 Å². The first-order valence-corrected chi connectivity index (χ1v) is 25.2. The highest BCUT2D eigenvalue weighted by atomic mass is 35.5. The van der Waals surface area contributed by atoms with E-state index in [-0.39, 0.29) is 24.1 Å². The molecule has 3 aromatic rings. The normalized spacial score (nSPS) is 20.0. The maximum absolute atomic E-state index is 13.2. The fourth-order valence-corrected chi connectivity index (χ4v) is 8.07. The minimum Gasteiger partial charge on any atom is -0.444 e. The monoisotopic (exact) mass is 714 g/mol. The molecule has 0 spiro atoms. The molecule has 0 aliphatic carbocycles. The van der Waals surface area contributed by atoms with Crippen LogP contribution in [0.1, 0.15) is 58.1 Å². The van der Waals surface area contributed by atoms with E-state index in [2.05, 4.69) is 55.2 Å². The van der Waals surface area contributed by atoms with Gasteiger partial charge in [0.05, 0.1) is 6.20 Å². The smallest absolute Gasteiger partial charge is 0.410 e. The molecular formula is C35H55ClN6O4Si2. The number of carbonyl (C=O) groups is 1. The summed E-state index contributed by atoms with van der Waals surface area (Å²) in [4.78, 5) is 27.0. The summed E-state index contributed by atoms with van der Waals surface area (Å²) in [5, 5.41) is 5.29. The Morgan fingerprint density at radius 2 is 1.56 bits per heavy atom. The molecule has 10 nitrogen and oxygen atoms in total. The standard InChI is InChI=1S/C35H55ClN6O4Si2/c1-35(2,3)46-34(43)41-27-11-12-28(41)19-26(18-27)30-20-32(42-33(39-30)29(22-38-42)25-10-13-31(36)37-21-25)40(23-44-14-16-47(4,5)6)24-45-15-17-48(7,8)9/h10,13,20-22,26-28H,11-12,14-19,23-24H2,1-9H3/t27-,28-/m0/s1. The molecule has 264 valence electrons. The van der Waals surface area contributed by atoms with Gasteiger partial charge in [-0.15, -0.1) is 0 Å². The molecule has 2 atom stereocenters. The summed E-state index contributed by atoms with van der Waals surface area (Å²) in [6.07, 6.45) is 7.04. The minimum atomic E-state index is -1.26. The molecule has 2 saturated heterocycles. The van der Waals surface area contributed by atoms with Gasteiger partial charge in [0.25, 0.3) is 0 Å². The van der Waals surface area contributed by atoms with Crippen LogP contribution in [0.25, 0.3) is 16.8 Å². The fourth-order valence-electron chi connectivity index (χ4n) is 6.45. The Bertz CT molecular complexity index is 1510. The van der Waals surface area contributed by atoms with Crippen molar-refractivity contribution in [1.82, 2.24) is 24.5 Å². The third-order valence-corrected chi connectivity index (χ3v) is 12.7. The van der Waals surface area contributed by atoms with Crippen molar-refractivity contribution < 1.29 is 19.0 Å². The second-order valence-corrected chi connectivity index (χ2v) is 28.5. The van der Waals surface area contributed by atoms with Crippen molar-refractivity contribution in [2.75, 3.05) is 31.6 Å². The number of pyridine rings is 1. The lowest BCUT2D eigenvalue weighted by Crippen LogP contribution is -2.48. The van der Waals surface area contributed by atoms with Gasteiger partial charge in [-0.25, -0.2) is 14.8 Å². The van der Waals surface area contributed by atoms with E-state index in [1.807, 2.05) is 42.4 Å². The van der Waals surface area contributed by atoms with Crippen LogP contribution in [0.15, 0.2) is 30.6 Å². The van der Waals surface area contributed by atoms with Crippen LogP contribution in [-0.2, 0) is 14.2 Å². The summed E-state index contributed by atoms with van der Waals surface area (Å²) in [6, 6.07) is 8.34. The maximum atomic E-state index is 13.2. The van der Waals surface area contributed by atoms with Crippen LogP contribution in [0.3, 0.4) is 0 Å². The number of piperidine rings is 1. The zero-order chi connectivity index (χ0) is 34.9. The van der Waals surface area contributed by atoms with E-state index in [0.717, 1.165) is 66.1 Å². The van der Waals surface area contributed by atoms with Crippen molar-refractivity contribution >= 4 is 45.3 Å². The molecule has 0 radical (unpaired) electrons.